The first-order valence-corrected chi connectivity index (χ1v) is 6.73. The third-order valence-electron chi connectivity index (χ3n) is 3.17. The van der Waals surface area contributed by atoms with Gasteiger partial charge in [-0.1, -0.05) is 0 Å². The lowest BCUT2D eigenvalue weighted by molar-refractivity contribution is 0.0525. The number of nitrogens with one attached hydrogen (secondary N) is 2. The van der Waals surface area contributed by atoms with Crippen molar-refractivity contribution in [1.82, 2.24) is 15.3 Å². The van der Waals surface area contributed by atoms with Gasteiger partial charge < -0.3 is 15.4 Å². The second kappa shape index (κ2) is 7.04. The van der Waals surface area contributed by atoms with E-state index in [1.165, 1.54) is 25.2 Å². The predicted molar refractivity (Wildman–Crippen MR) is 72.1 cm³/mol. The Hall–Kier alpha value is -1.69. The minimum absolute atomic E-state index is 0.356. The summed E-state index contributed by atoms with van der Waals surface area (Å²) in [5.74, 6) is 0.841. The number of anilines is 1. The molecule has 1 aliphatic heterocycles. The number of nitrogens with zero attached hydrogens (tertiary/aromatic N) is 2. The van der Waals surface area contributed by atoms with Crippen molar-refractivity contribution in [1.29, 1.82) is 0 Å². The van der Waals surface area contributed by atoms with E-state index in [1.807, 2.05) is 0 Å². The number of hydrogen-bond donors (Lipinski definition) is 2. The van der Waals surface area contributed by atoms with Gasteiger partial charge in [-0.15, -0.1) is 0 Å². The number of ether oxygens (including phenoxy) is 1. The Labute approximate surface area is 113 Å². The lowest BCUT2D eigenvalue weighted by Crippen LogP contribution is -2.31. The van der Waals surface area contributed by atoms with Gasteiger partial charge in [0.2, 0.25) is 5.95 Å². The highest BCUT2D eigenvalue weighted by Crippen LogP contribution is 2.12. The molecule has 2 heterocycles. The molecule has 1 fully saturated rings. The molecule has 6 heteroatoms. The summed E-state index contributed by atoms with van der Waals surface area (Å²) in [5.41, 5.74) is 0.384. The van der Waals surface area contributed by atoms with E-state index < -0.39 is 0 Å². The van der Waals surface area contributed by atoms with Crippen molar-refractivity contribution in [2.75, 3.05) is 31.6 Å². The van der Waals surface area contributed by atoms with Crippen molar-refractivity contribution in [2.45, 2.75) is 19.8 Å². The number of carbonyl (C=O) groups excluding carboxylic acids is 1. The maximum absolute atomic E-state index is 11.4. The highest BCUT2D eigenvalue weighted by molar-refractivity contribution is 5.88. The van der Waals surface area contributed by atoms with E-state index in [2.05, 4.69) is 20.6 Å². The van der Waals surface area contributed by atoms with E-state index in [9.17, 15) is 4.79 Å². The Bertz CT molecular complexity index is 402. The number of piperidine rings is 1. The zero-order valence-corrected chi connectivity index (χ0v) is 11.2. The van der Waals surface area contributed by atoms with Gasteiger partial charge in [-0.2, -0.15) is 0 Å². The van der Waals surface area contributed by atoms with Crippen LogP contribution in [0.25, 0.3) is 0 Å². The first-order valence-electron chi connectivity index (χ1n) is 6.73. The van der Waals surface area contributed by atoms with Crippen LogP contribution in [-0.4, -0.2) is 42.2 Å². The van der Waals surface area contributed by atoms with Crippen molar-refractivity contribution >= 4 is 11.9 Å². The lowest BCUT2D eigenvalue weighted by atomic mass is 9.98. The monoisotopic (exact) mass is 264 g/mol. The maximum atomic E-state index is 11.4. The molecule has 0 bridgehead atoms. The molecule has 104 valence electrons. The highest BCUT2D eigenvalue weighted by atomic mass is 16.5. The van der Waals surface area contributed by atoms with Gasteiger partial charge in [0, 0.05) is 18.9 Å². The summed E-state index contributed by atoms with van der Waals surface area (Å²) in [6.07, 6.45) is 5.34. The molecule has 2 rings (SSSR count). The van der Waals surface area contributed by atoms with Crippen LogP contribution in [0.2, 0.25) is 0 Å². The fourth-order valence-corrected chi connectivity index (χ4v) is 2.06. The zero-order valence-electron chi connectivity index (χ0n) is 11.2. The Kier molecular flexibility index (Phi) is 5.09. The molecule has 6 nitrogen and oxygen atoms in total. The molecular weight excluding hydrogens is 244 g/mol. The van der Waals surface area contributed by atoms with Crippen molar-refractivity contribution in [3.63, 3.8) is 0 Å². The van der Waals surface area contributed by atoms with Gasteiger partial charge in [0.25, 0.3) is 0 Å². The average molecular weight is 264 g/mol. The molecular formula is C13H20N4O2. The summed E-state index contributed by atoms with van der Waals surface area (Å²) in [4.78, 5) is 19.7. The second-order valence-corrected chi connectivity index (χ2v) is 4.59. The van der Waals surface area contributed by atoms with Crippen LogP contribution in [0.15, 0.2) is 12.4 Å². The summed E-state index contributed by atoms with van der Waals surface area (Å²) in [6, 6.07) is 0. The topological polar surface area (TPSA) is 76.1 Å². The molecule has 1 aliphatic rings. The molecule has 0 saturated carbocycles. The fraction of sp³-hybridized carbons (Fsp3) is 0.615. The molecule has 1 saturated heterocycles. The van der Waals surface area contributed by atoms with Crippen LogP contribution in [0, 0.1) is 5.92 Å². The number of esters is 1. The zero-order chi connectivity index (χ0) is 13.5. The van der Waals surface area contributed by atoms with E-state index in [4.69, 9.17) is 4.74 Å². The van der Waals surface area contributed by atoms with Crippen LogP contribution in [-0.2, 0) is 4.74 Å². The van der Waals surface area contributed by atoms with E-state index in [1.54, 1.807) is 6.92 Å². The minimum Gasteiger partial charge on any atom is -0.462 e. The molecule has 0 atom stereocenters. The maximum Gasteiger partial charge on any atom is 0.341 e. The Morgan fingerprint density at radius 3 is 2.74 bits per heavy atom. The van der Waals surface area contributed by atoms with E-state index in [-0.39, 0.29) is 5.97 Å². The van der Waals surface area contributed by atoms with Crippen LogP contribution in [0.4, 0.5) is 5.95 Å². The normalized spacial score (nSPS) is 16.1. The summed E-state index contributed by atoms with van der Waals surface area (Å²) in [7, 11) is 0. The van der Waals surface area contributed by atoms with Crippen molar-refractivity contribution in [2.24, 2.45) is 5.92 Å². The van der Waals surface area contributed by atoms with Crippen molar-refractivity contribution < 1.29 is 9.53 Å². The number of hydrogen-bond acceptors (Lipinski definition) is 6. The number of carbonyl (C=O) groups is 1. The van der Waals surface area contributed by atoms with Gasteiger partial charge in [-0.05, 0) is 38.8 Å². The summed E-state index contributed by atoms with van der Waals surface area (Å²) in [6.45, 7) is 5.16. The molecule has 0 radical (unpaired) electrons. The summed E-state index contributed by atoms with van der Waals surface area (Å²) in [5, 5.41) is 6.54. The Balaban J connectivity index is 1.82. The second-order valence-electron chi connectivity index (χ2n) is 4.59. The van der Waals surface area contributed by atoms with E-state index in [0.717, 1.165) is 19.6 Å². The Morgan fingerprint density at radius 1 is 1.42 bits per heavy atom. The summed E-state index contributed by atoms with van der Waals surface area (Å²) < 4.78 is 4.88. The lowest BCUT2D eigenvalue weighted by Gasteiger charge is -2.22. The Morgan fingerprint density at radius 2 is 2.11 bits per heavy atom. The molecule has 19 heavy (non-hydrogen) atoms. The highest BCUT2D eigenvalue weighted by Gasteiger charge is 2.13. The van der Waals surface area contributed by atoms with Gasteiger partial charge in [0.05, 0.1) is 12.2 Å². The van der Waals surface area contributed by atoms with Crippen LogP contribution in [0.1, 0.15) is 30.1 Å². The van der Waals surface area contributed by atoms with Crippen LogP contribution < -0.4 is 10.6 Å². The first kappa shape index (κ1) is 13.7. The molecule has 0 unspecified atom stereocenters. The quantitative estimate of drug-likeness (QED) is 0.775. The van der Waals surface area contributed by atoms with Gasteiger partial charge in [-0.25, -0.2) is 14.8 Å². The molecule has 0 spiro atoms. The van der Waals surface area contributed by atoms with Gasteiger partial charge in [0.1, 0.15) is 0 Å². The van der Waals surface area contributed by atoms with Crippen LogP contribution >= 0.6 is 0 Å². The molecule has 0 amide bonds. The molecule has 0 aliphatic carbocycles. The van der Waals surface area contributed by atoms with Gasteiger partial charge in [0.15, 0.2) is 0 Å². The molecule has 1 aromatic rings. The smallest absolute Gasteiger partial charge is 0.341 e. The van der Waals surface area contributed by atoms with E-state index in [0.29, 0.717) is 24.0 Å². The van der Waals surface area contributed by atoms with Gasteiger partial charge in [-0.3, -0.25) is 0 Å². The molecule has 1 aromatic heterocycles. The molecule has 0 aromatic carbocycles. The van der Waals surface area contributed by atoms with E-state index >= 15 is 0 Å². The molecule has 2 N–H and O–H groups in total. The van der Waals surface area contributed by atoms with Crippen LogP contribution in [0.3, 0.4) is 0 Å². The third-order valence-corrected chi connectivity index (χ3v) is 3.17. The summed E-state index contributed by atoms with van der Waals surface area (Å²) >= 11 is 0. The largest absolute Gasteiger partial charge is 0.462 e. The van der Waals surface area contributed by atoms with Crippen molar-refractivity contribution in [3.05, 3.63) is 18.0 Å². The number of rotatable bonds is 5. The third kappa shape index (κ3) is 4.17. The number of aromatic nitrogens is 2. The SMILES string of the molecule is CCOC(=O)c1cnc(NCC2CCNCC2)nc1. The van der Waals surface area contributed by atoms with Crippen molar-refractivity contribution in [3.8, 4) is 0 Å². The van der Waals surface area contributed by atoms with Gasteiger partial charge >= 0.3 is 5.97 Å². The minimum atomic E-state index is -0.382. The average Bonchev–Trinajstić information content (AvgIpc) is 2.47. The first-order chi connectivity index (χ1) is 9.29. The standard InChI is InChI=1S/C13H20N4O2/c1-2-19-12(18)11-8-16-13(17-9-11)15-7-10-3-5-14-6-4-10/h8-10,14H,2-7H2,1H3,(H,15,16,17). The predicted octanol–water partition coefficient (Wildman–Crippen LogP) is 1.06. The van der Waals surface area contributed by atoms with Crippen LogP contribution in [0.5, 0.6) is 0 Å². The fourth-order valence-electron chi connectivity index (χ4n) is 2.06.